The number of thioether (sulfide) groups is 2. The van der Waals surface area contributed by atoms with Gasteiger partial charge in [0.15, 0.2) is 0 Å². The van der Waals surface area contributed by atoms with Gasteiger partial charge >= 0.3 is 0 Å². The molecule has 3 atom stereocenters. The molecule has 3 nitrogen and oxygen atoms in total. The van der Waals surface area contributed by atoms with Gasteiger partial charge in [0.1, 0.15) is 0 Å². The molecule has 1 aromatic carbocycles. The molecule has 112 valence electrons. The molecule has 3 unspecified atom stereocenters. The smallest absolute Gasteiger partial charge is 0.0595 e. The quantitative estimate of drug-likeness (QED) is 0.668. The second kappa shape index (κ2) is 7.01. The number of aromatic nitrogens is 1. The van der Waals surface area contributed by atoms with Crippen LogP contribution in [0.15, 0.2) is 36.7 Å². The Morgan fingerprint density at radius 3 is 3.00 bits per heavy atom. The van der Waals surface area contributed by atoms with Gasteiger partial charge in [-0.25, -0.2) is 0 Å². The summed E-state index contributed by atoms with van der Waals surface area (Å²) in [5.74, 6) is 8.41. The van der Waals surface area contributed by atoms with Crippen molar-refractivity contribution in [3.8, 4) is 0 Å². The summed E-state index contributed by atoms with van der Waals surface area (Å²) in [6.45, 7) is 2.27. The first kappa shape index (κ1) is 15.2. The molecule has 2 heterocycles. The maximum Gasteiger partial charge on any atom is 0.0595 e. The van der Waals surface area contributed by atoms with Crippen LogP contribution in [0.25, 0.3) is 10.8 Å². The topological polar surface area (TPSA) is 50.9 Å². The van der Waals surface area contributed by atoms with Crippen molar-refractivity contribution in [2.24, 2.45) is 5.84 Å². The van der Waals surface area contributed by atoms with Gasteiger partial charge in [-0.1, -0.05) is 25.1 Å². The van der Waals surface area contributed by atoms with Gasteiger partial charge in [0, 0.05) is 39.8 Å². The van der Waals surface area contributed by atoms with Crippen LogP contribution in [0, 0.1) is 0 Å². The van der Waals surface area contributed by atoms with E-state index in [2.05, 4.69) is 65.1 Å². The standard InChI is InChI=1S/C16H21N3S2/c1-2-14-16(21-9-8-20-14)15(19-17)13-5-3-4-11-10-18-7-6-12(11)13/h3-7,10,14-16,19H,2,8-9,17H2,1H3. The first-order valence-electron chi connectivity index (χ1n) is 7.37. The number of fused-ring (bicyclic) bond motifs is 1. The van der Waals surface area contributed by atoms with E-state index in [1.54, 1.807) is 0 Å². The van der Waals surface area contributed by atoms with Gasteiger partial charge in [0.25, 0.3) is 0 Å². The number of nitrogens with one attached hydrogen (secondary N) is 1. The Balaban J connectivity index is 2.01. The molecule has 0 bridgehead atoms. The number of hydrogen-bond donors (Lipinski definition) is 2. The number of nitrogens with zero attached hydrogens (tertiary/aromatic N) is 1. The molecule has 0 aliphatic carbocycles. The van der Waals surface area contributed by atoms with Crippen LogP contribution in [-0.4, -0.2) is 27.0 Å². The van der Waals surface area contributed by atoms with E-state index < -0.39 is 0 Å². The molecular formula is C16H21N3S2. The minimum Gasteiger partial charge on any atom is -0.271 e. The molecular weight excluding hydrogens is 298 g/mol. The molecule has 0 amide bonds. The summed E-state index contributed by atoms with van der Waals surface area (Å²) in [4.78, 5) is 4.22. The Morgan fingerprint density at radius 2 is 2.19 bits per heavy atom. The highest BCUT2D eigenvalue weighted by Gasteiger charge is 2.33. The summed E-state index contributed by atoms with van der Waals surface area (Å²) in [5.41, 5.74) is 4.38. The zero-order valence-electron chi connectivity index (χ0n) is 12.2. The molecule has 0 saturated carbocycles. The number of benzene rings is 1. The van der Waals surface area contributed by atoms with Crippen LogP contribution in [0.1, 0.15) is 24.9 Å². The molecule has 5 heteroatoms. The van der Waals surface area contributed by atoms with Crippen molar-refractivity contribution in [3.63, 3.8) is 0 Å². The van der Waals surface area contributed by atoms with Crippen molar-refractivity contribution in [2.45, 2.75) is 29.9 Å². The fourth-order valence-corrected chi connectivity index (χ4v) is 6.25. The monoisotopic (exact) mass is 319 g/mol. The highest BCUT2D eigenvalue weighted by Crippen LogP contribution is 2.41. The number of nitrogens with two attached hydrogens (primary N) is 1. The van der Waals surface area contributed by atoms with E-state index in [4.69, 9.17) is 5.84 Å². The lowest BCUT2D eigenvalue weighted by Crippen LogP contribution is -2.41. The maximum atomic E-state index is 5.96. The average molecular weight is 319 g/mol. The third-order valence-corrected chi connectivity index (χ3v) is 7.40. The molecule has 1 aromatic heterocycles. The van der Waals surface area contributed by atoms with Gasteiger partial charge in [0.05, 0.1) is 6.04 Å². The zero-order chi connectivity index (χ0) is 14.7. The average Bonchev–Trinajstić information content (AvgIpc) is 2.56. The Labute approximate surface area is 134 Å². The summed E-state index contributed by atoms with van der Waals surface area (Å²) in [5, 5.41) is 3.60. The van der Waals surface area contributed by atoms with Crippen molar-refractivity contribution < 1.29 is 0 Å². The van der Waals surface area contributed by atoms with E-state index in [0.717, 1.165) is 0 Å². The third-order valence-electron chi connectivity index (χ3n) is 4.05. The largest absolute Gasteiger partial charge is 0.271 e. The molecule has 0 radical (unpaired) electrons. The predicted octanol–water partition coefficient (Wildman–Crippen LogP) is 3.37. The molecule has 21 heavy (non-hydrogen) atoms. The summed E-state index contributed by atoms with van der Waals surface area (Å²) in [6, 6.07) is 8.68. The van der Waals surface area contributed by atoms with E-state index in [1.165, 1.54) is 34.3 Å². The number of hydrazine groups is 1. The van der Waals surface area contributed by atoms with Gasteiger partial charge in [-0.2, -0.15) is 23.5 Å². The molecule has 1 aliphatic heterocycles. The summed E-state index contributed by atoms with van der Waals surface area (Å²) in [7, 11) is 0. The maximum absolute atomic E-state index is 5.96. The minimum atomic E-state index is 0.179. The van der Waals surface area contributed by atoms with Crippen LogP contribution in [-0.2, 0) is 0 Å². The summed E-state index contributed by atoms with van der Waals surface area (Å²) < 4.78 is 0. The molecule has 1 aliphatic rings. The van der Waals surface area contributed by atoms with E-state index in [0.29, 0.717) is 10.5 Å². The molecule has 2 aromatic rings. The molecule has 1 saturated heterocycles. The van der Waals surface area contributed by atoms with Gasteiger partial charge in [-0.3, -0.25) is 16.3 Å². The van der Waals surface area contributed by atoms with Gasteiger partial charge in [-0.05, 0) is 23.4 Å². The molecule has 0 spiro atoms. The van der Waals surface area contributed by atoms with Crippen LogP contribution in [0.3, 0.4) is 0 Å². The lowest BCUT2D eigenvalue weighted by Gasteiger charge is -2.36. The zero-order valence-corrected chi connectivity index (χ0v) is 13.8. The van der Waals surface area contributed by atoms with Gasteiger partial charge < -0.3 is 0 Å². The minimum absolute atomic E-state index is 0.179. The normalized spacial score (nSPS) is 24.1. The summed E-state index contributed by atoms with van der Waals surface area (Å²) in [6.07, 6.45) is 4.97. The number of pyridine rings is 1. The van der Waals surface area contributed by atoms with Crippen molar-refractivity contribution >= 4 is 34.3 Å². The van der Waals surface area contributed by atoms with Gasteiger partial charge in [0.2, 0.25) is 0 Å². The predicted molar refractivity (Wildman–Crippen MR) is 94.6 cm³/mol. The Hall–Kier alpha value is -0.750. The Bertz CT molecular complexity index is 600. The lowest BCUT2D eigenvalue weighted by atomic mass is 9.96. The van der Waals surface area contributed by atoms with E-state index in [1.807, 2.05) is 12.4 Å². The van der Waals surface area contributed by atoms with Crippen molar-refractivity contribution in [1.29, 1.82) is 0 Å². The first-order valence-corrected chi connectivity index (χ1v) is 9.47. The van der Waals surface area contributed by atoms with Crippen LogP contribution < -0.4 is 11.3 Å². The van der Waals surface area contributed by atoms with Crippen molar-refractivity contribution in [3.05, 3.63) is 42.2 Å². The number of rotatable bonds is 4. The molecule has 3 rings (SSSR count). The van der Waals surface area contributed by atoms with Crippen LogP contribution >= 0.6 is 23.5 Å². The van der Waals surface area contributed by atoms with Crippen LogP contribution in [0.2, 0.25) is 0 Å². The van der Waals surface area contributed by atoms with Crippen LogP contribution in [0.4, 0.5) is 0 Å². The molecule has 3 N–H and O–H groups in total. The third kappa shape index (κ3) is 3.06. The van der Waals surface area contributed by atoms with E-state index in [9.17, 15) is 0 Å². The van der Waals surface area contributed by atoms with Crippen molar-refractivity contribution in [2.75, 3.05) is 11.5 Å². The highest BCUT2D eigenvalue weighted by molar-refractivity contribution is 8.07. The second-order valence-electron chi connectivity index (χ2n) is 5.24. The van der Waals surface area contributed by atoms with E-state index >= 15 is 0 Å². The lowest BCUT2D eigenvalue weighted by molar-refractivity contribution is 0.517. The Morgan fingerprint density at radius 1 is 1.33 bits per heavy atom. The second-order valence-corrected chi connectivity index (χ2v) is 7.87. The first-order chi connectivity index (χ1) is 10.3. The Kier molecular flexibility index (Phi) is 5.06. The fourth-order valence-electron chi connectivity index (χ4n) is 3.03. The fraction of sp³-hybridized carbons (Fsp3) is 0.438. The van der Waals surface area contributed by atoms with Crippen molar-refractivity contribution in [1.82, 2.24) is 10.4 Å². The number of hydrogen-bond acceptors (Lipinski definition) is 5. The summed E-state index contributed by atoms with van der Waals surface area (Å²) >= 11 is 4.14. The van der Waals surface area contributed by atoms with Crippen LogP contribution in [0.5, 0.6) is 0 Å². The SMILES string of the molecule is CCC1SCCSC1C(NN)c1cccc2cnccc12. The van der Waals surface area contributed by atoms with E-state index in [-0.39, 0.29) is 6.04 Å². The van der Waals surface area contributed by atoms with Gasteiger partial charge in [-0.15, -0.1) is 0 Å². The molecule has 1 fully saturated rings. The highest BCUT2D eigenvalue weighted by atomic mass is 32.2.